The molecule has 0 aliphatic heterocycles. The molecule has 32 heavy (non-hydrogen) atoms. The Morgan fingerprint density at radius 2 is 2.00 bits per heavy atom. The van der Waals surface area contributed by atoms with Crippen LogP contribution in [-0.2, 0) is 11.3 Å². The summed E-state index contributed by atoms with van der Waals surface area (Å²) in [5.41, 5.74) is 1.54. The van der Waals surface area contributed by atoms with Crippen molar-refractivity contribution in [3.05, 3.63) is 45.8 Å². The number of aliphatic hydroxyl groups excluding tert-OH is 1. The first-order valence-corrected chi connectivity index (χ1v) is 11.9. The molecule has 0 radical (unpaired) electrons. The Kier molecular flexibility index (Phi) is 8.81. The summed E-state index contributed by atoms with van der Waals surface area (Å²) in [5, 5.41) is 12.9. The van der Waals surface area contributed by atoms with Crippen LogP contribution in [0.4, 0.5) is 0 Å². The summed E-state index contributed by atoms with van der Waals surface area (Å²) in [6.45, 7) is 8.90. The molecule has 0 fully saturated rings. The topological polar surface area (TPSA) is 87.7 Å². The summed E-state index contributed by atoms with van der Waals surface area (Å²) < 4.78 is 11.0. The van der Waals surface area contributed by atoms with E-state index in [9.17, 15) is 9.90 Å². The number of thiophene rings is 1. The van der Waals surface area contributed by atoms with Crippen molar-refractivity contribution in [2.24, 2.45) is 5.92 Å². The summed E-state index contributed by atoms with van der Waals surface area (Å²) in [6, 6.07) is 7.66. The van der Waals surface area contributed by atoms with Crippen molar-refractivity contribution in [3.63, 3.8) is 0 Å². The highest BCUT2D eigenvalue weighted by Gasteiger charge is 2.18. The number of nitrogens with zero attached hydrogens (tertiary/aromatic N) is 2. The lowest BCUT2D eigenvalue weighted by atomic mass is 10.1. The highest BCUT2D eigenvalue weighted by Crippen LogP contribution is 2.36. The number of fused-ring (bicyclic) bond motifs is 1. The second-order valence-corrected chi connectivity index (χ2v) is 9.22. The van der Waals surface area contributed by atoms with Gasteiger partial charge in [0.25, 0.3) is 5.56 Å². The number of ether oxygens (including phenoxy) is 2. The molecule has 3 aromatic rings. The van der Waals surface area contributed by atoms with E-state index in [1.165, 1.54) is 11.3 Å². The highest BCUT2D eigenvalue weighted by atomic mass is 32.1. The smallest absolute Gasteiger partial charge is 0.260 e. The molecule has 0 aliphatic rings. The average molecular weight is 460 g/mol. The van der Waals surface area contributed by atoms with Crippen molar-refractivity contribution in [1.82, 2.24) is 14.9 Å². The van der Waals surface area contributed by atoms with E-state index in [2.05, 4.69) is 30.7 Å². The zero-order valence-corrected chi connectivity index (χ0v) is 20.1. The highest BCUT2D eigenvalue weighted by molar-refractivity contribution is 7.17. The first-order chi connectivity index (χ1) is 15.4. The molecule has 2 aromatic heterocycles. The second kappa shape index (κ2) is 11.6. The predicted octanol–water partition coefficient (Wildman–Crippen LogP) is 3.91. The molecule has 1 aromatic carbocycles. The Morgan fingerprint density at radius 3 is 2.72 bits per heavy atom. The first-order valence-electron chi connectivity index (χ1n) is 11.0. The van der Waals surface area contributed by atoms with E-state index in [-0.39, 0.29) is 5.56 Å². The Labute approximate surface area is 193 Å². The van der Waals surface area contributed by atoms with Crippen LogP contribution < -0.4 is 10.3 Å². The molecule has 0 amide bonds. The van der Waals surface area contributed by atoms with Crippen LogP contribution in [0.5, 0.6) is 5.75 Å². The van der Waals surface area contributed by atoms with Gasteiger partial charge in [0, 0.05) is 29.7 Å². The molecular weight excluding hydrogens is 426 g/mol. The quantitative estimate of drug-likeness (QED) is 0.427. The summed E-state index contributed by atoms with van der Waals surface area (Å²) in [7, 11) is 1.62. The Bertz CT molecular complexity index is 1060. The molecule has 2 heterocycles. The van der Waals surface area contributed by atoms with Crippen LogP contribution in [-0.4, -0.2) is 59.5 Å². The minimum absolute atomic E-state index is 0.163. The largest absolute Gasteiger partial charge is 0.496 e. The zero-order valence-electron chi connectivity index (χ0n) is 19.3. The fourth-order valence-corrected chi connectivity index (χ4v) is 4.64. The number of aliphatic hydroxyl groups is 1. The molecule has 0 spiro atoms. The number of methoxy groups -OCH3 is 1. The van der Waals surface area contributed by atoms with Gasteiger partial charge in [-0.3, -0.25) is 9.69 Å². The molecule has 8 heteroatoms. The number of H-pyrrole nitrogens is 1. The monoisotopic (exact) mass is 459 g/mol. The summed E-state index contributed by atoms with van der Waals surface area (Å²) in [6.07, 6.45) is 0.345. The Morgan fingerprint density at radius 1 is 1.22 bits per heavy atom. The lowest BCUT2D eigenvalue weighted by Gasteiger charge is -2.24. The minimum Gasteiger partial charge on any atom is -0.496 e. The minimum atomic E-state index is -0.588. The maximum absolute atomic E-state index is 13.0. The number of rotatable bonds is 12. The third-order valence-electron chi connectivity index (χ3n) is 5.03. The third kappa shape index (κ3) is 6.16. The second-order valence-electron chi connectivity index (χ2n) is 8.36. The van der Waals surface area contributed by atoms with E-state index in [0.717, 1.165) is 29.8 Å². The zero-order chi connectivity index (χ0) is 23.1. The summed E-state index contributed by atoms with van der Waals surface area (Å²) >= 11 is 1.45. The molecule has 1 atom stereocenters. The van der Waals surface area contributed by atoms with Gasteiger partial charge in [-0.05, 0) is 24.9 Å². The van der Waals surface area contributed by atoms with Gasteiger partial charge >= 0.3 is 0 Å². The van der Waals surface area contributed by atoms with Crippen LogP contribution in [0.3, 0.4) is 0 Å². The van der Waals surface area contributed by atoms with Crippen LogP contribution >= 0.6 is 11.3 Å². The lowest BCUT2D eigenvalue weighted by Crippen LogP contribution is -2.36. The van der Waals surface area contributed by atoms with Crippen molar-refractivity contribution in [3.8, 4) is 16.9 Å². The van der Waals surface area contributed by atoms with Gasteiger partial charge in [0.05, 0.1) is 31.8 Å². The van der Waals surface area contributed by atoms with Gasteiger partial charge in [-0.25, -0.2) is 4.98 Å². The van der Waals surface area contributed by atoms with Crippen molar-refractivity contribution >= 4 is 21.6 Å². The van der Waals surface area contributed by atoms with Gasteiger partial charge in [-0.15, -0.1) is 11.3 Å². The Hall–Kier alpha value is -2.26. The van der Waals surface area contributed by atoms with Gasteiger partial charge in [0.1, 0.15) is 16.4 Å². The van der Waals surface area contributed by atoms with Gasteiger partial charge in [0.15, 0.2) is 0 Å². The fourth-order valence-electron chi connectivity index (χ4n) is 3.69. The molecular formula is C24H33N3O4S. The molecule has 0 aliphatic carbocycles. The van der Waals surface area contributed by atoms with E-state index in [4.69, 9.17) is 14.5 Å². The average Bonchev–Trinajstić information content (AvgIpc) is 3.18. The van der Waals surface area contributed by atoms with Gasteiger partial charge in [-0.2, -0.15) is 0 Å². The van der Waals surface area contributed by atoms with Crippen LogP contribution in [0.25, 0.3) is 21.3 Å². The van der Waals surface area contributed by atoms with Crippen molar-refractivity contribution in [1.29, 1.82) is 0 Å². The third-order valence-corrected chi connectivity index (χ3v) is 5.91. The number of para-hydroxylation sites is 1. The predicted molar refractivity (Wildman–Crippen MR) is 129 cm³/mol. The van der Waals surface area contributed by atoms with Crippen LogP contribution in [0, 0.1) is 5.92 Å². The maximum Gasteiger partial charge on any atom is 0.260 e. The fraction of sp³-hybridized carbons (Fsp3) is 0.500. The van der Waals surface area contributed by atoms with Crippen molar-refractivity contribution < 1.29 is 14.6 Å². The molecule has 0 saturated carbocycles. The van der Waals surface area contributed by atoms with E-state index in [1.807, 2.05) is 29.6 Å². The van der Waals surface area contributed by atoms with Crippen molar-refractivity contribution in [2.45, 2.75) is 39.8 Å². The SMILES string of the molecule is CCCN(Cc1nc2scc(-c3ccccc3OC)c2c(=O)[nH]1)C[C@H](O)COCC(C)C. The standard InChI is InChI=1S/C24H33N3O4S/c1-5-10-27(11-17(28)14-31-13-16(2)3)12-21-25-23(29)22-19(15-32-24(22)26-21)18-8-6-7-9-20(18)30-4/h6-9,15-17,28H,5,10-14H2,1-4H3,(H,25,26,29)/t17-/m0/s1. The molecule has 3 rings (SSSR count). The number of hydrogen-bond acceptors (Lipinski definition) is 7. The molecule has 174 valence electrons. The van der Waals surface area contributed by atoms with Gasteiger partial charge < -0.3 is 19.6 Å². The summed E-state index contributed by atoms with van der Waals surface area (Å²) in [5.74, 6) is 1.75. The van der Waals surface area contributed by atoms with Crippen LogP contribution in [0.2, 0.25) is 0 Å². The number of aromatic amines is 1. The molecule has 7 nitrogen and oxygen atoms in total. The summed E-state index contributed by atoms with van der Waals surface area (Å²) in [4.78, 5) is 23.5. The maximum atomic E-state index is 13.0. The van der Waals surface area contributed by atoms with E-state index >= 15 is 0 Å². The normalized spacial score (nSPS) is 12.7. The number of hydrogen-bond donors (Lipinski definition) is 2. The molecule has 2 N–H and O–H groups in total. The number of benzene rings is 1. The molecule has 0 bridgehead atoms. The van der Waals surface area contributed by atoms with Gasteiger partial charge in [0.2, 0.25) is 0 Å². The van der Waals surface area contributed by atoms with E-state index < -0.39 is 6.10 Å². The molecule has 0 saturated heterocycles. The van der Waals surface area contributed by atoms with E-state index in [0.29, 0.717) is 48.3 Å². The van der Waals surface area contributed by atoms with Gasteiger partial charge in [-0.1, -0.05) is 39.0 Å². The number of aromatic nitrogens is 2. The lowest BCUT2D eigenvalue weighted by molar-refractivity contribution is 0.00657. The van der Waals surface area contributed by atoms with Crippen LogP contribution in [0.1, 0.15) is 33.0 Å². The molecule has 0 unspecified atom stereocenters. The van der Waals surface area contributed by atoms with E-state index in [1.54, 1.807) is 7.11 Å². The number of nitrogens with one attached hydrogen (secondary N) is 1. The first kappa shape index (κ1) is 24.4. The van der Waals surface area contributed by atoms with Crippen LogP contribution in [0.15, 0.2) is 34.4 Å². The van der Waals surface area contributed by atoms with Crippen molar-refractivity contribution in [2.75, 3.05) is 33.4 Å². The Balaban J connectivity index is 1.79.